The summed E-state index contributed by atoms with van der Waals surface area (Å²) in [6.07, 6.45) is 0.919. The number of amides is 1. The largest absolute Gasteiger partial charge is 0.472 e. The fourth-order valence-corrected chi connectivity index (χ4v) is 4.85. The number of nitrogens with zero attached hydrogens (tertiary/aromatic N) is 4. The molecule has 0 radical (unpaired) electrons. The molecule has 3 atom stereocenters. The number of carbonyl (C=O) groups is 1. The lowest BCUT2D eigenvalue weighted by atomic mass is 10.0. The minimum atomic E-state index is -4.48. The van der Waals surface area contributed by atoms with Crippen LogP contribution in [0.15, 0.2) is 36.7 Å². The summed E-state index contributed by atoms with van der Waals surface area (Å²) in [6, 6.07) is 4.88. The van der Waals surface area contributed by atoms with E-state index in [0.29, 0.717) is 31.4 Å². The van der Waals surface area contributed by atoms with Crippen LogP contribution in [0.25, 0.3) is 0 Å². The van der Waals surface area contributed by atoms with Crippen LogP contribution < -0.4 is 4.74 Å². The second-order valence-electron chi connectivity index (χ2n) is 9.20. The fraction of sp³-hybridized carbons (Fsp3) is 0.542. The van der Waals surface area contributed by atoms with Gasteiger partial charge in [0.1, 0.15) is 6.10 Å². The summed E-state index contributed by atoms with van der Waals surface area (Å²) in [5, 5.41) is 0. The van der Waals surface area contributed by atoms with Gasteiger partial charge in [0, 0.05) is 51.7 Å². The Balaban J connectivity index is 1.21. The Kier molecular flexibility index (Phi) is 6.20. The van der Waals surface area contributed by atoms with E-state index in [2.05, 4.69) is 14.9 Å². The SMILES string of the molecule is CO[C@@H](C(=O)N1CCN2C[C@H](Oc3cnc(C4CC4)cn3)C[C@H]2C1)c1cccc(C(F)(F)F)c1. The summed E-state index contributed by atoms with van der Waals surface area (Å²) < 4.78 is 50.8. The molecule has 1 aliphatic carbocycles. The first kappa shape index (κ1) is 23.0. The van der Waals surface area contributed by atoms with E-state index in [0.717, 1.165) is 30.8 Å². The molecule has 1 aromatic carbocycles. The van der Waals surface area contributed by atoms with E-state index < -0.39 is 17.8 Å². The van der Waals surface area contributed by atoms with Crippen LogP contribution in [0.1, 0.15) is 48.1 Å². The van der Waals surface area contributed by atoms with Gasteiger partial charge in [-0.15, -0.1) is 0 Å². The summed E-state index contributed by atoms with van der Waals surface area (Å²) in [6.45, 7) is 2.36. The van der Waals surface area contributed by atoms with Crippen molar-refractivity contribution in [3.63, 3.8) is 0 Å². The molecule has 0 N–H and O–H groups in total. The van der Waals surface area contributed by atoms with Gasteiger partial charge in [0.15, 0.2) is 6.10 Å². The minimum absolute atomic E-state index is 0.0529. The number of carbonyl (C=O) groups excluding carboxylic acids is 1. The van der Waals surface area contributed by atoms with Crippen LogP contribution in [-0.4, -0.2) is 71.1 Å². The first-order chi connectivity index (χ1) is 16.3. The van der Waals surface area contributed by atoms with E-state index in [1.807, 2.05) is 0 Å². The van der Waals surface area contributed by atoms with Gasteiger partial charge in [0.25, 0.3) is 5.91 Å². The molecule has 3 fully saturated rings. The predicted molar refractivity (Wildman–Crippen MR) is 116 cm³/mol. The smallest absolute Gasteiger partial charge is 0.416 e. The molecule has 0 spiro atoms. The maximum absolute atomic E-state index is 13.2. The first-order valence-corrected chi connectivity index (χ1v) is 11.5. The highest BCUT2D eigenvalue weighted by atomic mass is 19.4. The van der Waals surface area contributed by atoms with Crippen molar-refractivity contribution in [2.45, 2.75) is 49.6 Å². The van der Waals surface area contributed by atoms with Crippen LogP contribution in [0.4, 0.5) is 13.2 Å². The number of benzene rings is 1. The number of hydrogen-bond acceptors (Lipinski definition) is 6. The molecule has 3 aliphatic rings. The molecule has 2 aliphatic heterocycles. The molecule has 2 saturated heterocycles. The Morgan fingerprint density at radius 2 is 1.97 bits per heavy atom. The number of alkyl halides is 3. The quantitative estimate of drug-likeness (QED) is 0.637. The van der Waals surface area contributed by atoms with Gasteiger partial charge in [-0.2, -0.15) is 13.2 Å². The van der Waals surface area contributed by atoms with E-state index in [9.17, 15) is 18.0 Å². The molecule has 34 heavy (non-hydrogen) atoms. The van der Waals surface area contributed by atoms with E-state index in [1.54, 1.807) is 17.3 Å². The van der Waals surface area contributed by atoms with Crippen molar-refractivity contribution in [1.29, 1.82) is 0 Å². The minimum Gasteiger partial charge on any atom is -0.472 e. The van der Waals surface area contributed by atoms with Gasteiger partial charge in [0.05, 0.1) is 23.7 Å². The molecule has 1 saturated carbocycles. The molecular weight excluding hydrogens is 449 g/mol. The van der Waals surface area contributed by atoms with Crippen LogP contribution >= 0.6 is 0 Å². The third-order valence-corrected chi connectivity index (χ3v) is 6.80. The molecule has 1 amide bonds. The summed E-state index contributed by atoms with van der Waals surface area (Å²) in [5.74, 6) is 0.718. The summed E-state index contributed by atoms with van der Waals surface area (Å²) in [5.41, 5.74) is 0.415. The van der Waals surface area contributed by atoms with E-state index >= 15 is 0 Å². The highest BCUT2D eigenvalue weighted by molar-refractivity contribution is 5.82. The van der Waals surface area contributed by atoms with Crippen LogP contribution in [0.5, 0.6) is 5.88 Å². The number of ether oxygens (including phenoxy) is 2. The topological polar surface area (TPSA) is 67.8 Å². The Morgan fingerprint density at radius 3 is 2.65 bits per heavy atom. The van der Waals surface area contributed by atoms with Crippen LogP contribution in [0, 0.1) is 0 Å². The normalized spacial score (nSPS) is 24.1. The summed E-state index contributed by atoms with van der Waals surface area (Å²) in [4.78, 5) is 26.0. The van der Waals surface area contributed by atoms with E-state index in [-0.39, 0.29) is 23.6 Å². The van der Waals surface area contributed by atoms with Gasteiger partial charge in [-0.3, -0.25) is 14.7 Å². The monoisotopic (exact) mass is 476 g/mol. The van der Waals surface area contributed by atoms with Crippen molar-refractivity contribution in [1.82, 2.24) is 19.8 Å². The number of rotatable bonds is 6. The number of fused-ring (bicyclic) bond motifs is 1. The second kappa shape index (κ2) is 9.14. The zero-order valence-corrected chi connectivity index (χ0v) is 18.9. The molecule has 5 rings (SSSR count). The molecule has 0 bridgehead atoms. The van der Waals surface area contributed by atoms with Crippen LogP contribution in [0.2, 0.25) is 0 Å². The summed E-state index contributed by atoms with van der Waals surface area (Å²) >= 11 is 0. The van der Waals surface area contributed by atoms with Crippen molar-refractivity contribution in [3.8, 4) is 5.88 Å². The fourth-order valence-electron chi connectivity index (χ4n) is 4.85. The maximum atomic E-state index is 13.2. The third-order valence-electron chi connectivity index (χ3n) is 6.80. The Hall–Kier alpha value is -2.72. The number of aromatic nitrogens is 2. The Labute approximate surface area is 195 Å². The Bertz CT molecular complexity index is 1030. The highest BCUT2D eigenvalue weighted by Crippen LogP contribution is 2.39. The number of hydrogen-bond donors (Lipinski definition) is 0. The first-order valence-electron chi connectivity index (χ1n) is 11.5. The Morgan fingerprint density at radius 1 is 1.15 bits per heavy atom. The van der Waals surface area contributed by atoms with Crippen LogP contribution in [-0.2, 0) is 15.7 Å². The average Bonchev–Trinajstić information content (AvgIpc) is 3.59. The molecule has 182 valence electrons. The van der Waals surface area contributed by atoms with Crippen molar-refractivity contribution < 1.29 is 27.4 Å². The van der Waals surface area contributed by atoms with Gasteiger partial charge >= 0.3 is 6.18 Å². The van der Waals surface area contributed by atoms with Gasteiger partial charge in [0.2, 0.25) is 5.88 Å². The van der Waals surface area contributed by atoms with Crippen molar-refractivity contribution in [2.24, 2.45) is 0 Å². The van der Waals surface area contributed by atoms with Gasteiger partial charge < -0.3 is 14.4 Å². The zero-order valence-electron chi connectivity index (χ0n) is 18.9. The molecule has 7 nitrogen and oxygen atoms in total. The van der Waals surface area contributed by atoms with E-state index in [4.69, 9.17) is 9.47 Å². The second-order valence-corrected chi connectivity index (χ2v) is 9.20. The van der Waals surface area contributed by atoms with Crippen molar-refractivity contribution in [2.75, 3.05) is 33.3 Å². The molecule has 0 unspecified atom stereocenters. The van der Waals surface area contributed by atoms with Crippen molar-refractivity contribution in [3.05, 3.63) is 53.5 Å². The summed E-state index contributed by atoms with van der Waals surface area (Å²) in [7, 11) is 1.34. The van der Waals surface area contributed by atoms with Gasteiger partial charge in [-0.25, -0.2) is 4.98 Å². The van der Waals surface area contributed by atoms with Crippen molar-refractivity contribution >= 4 is 5.91 Å². The molecule has 1 aromatic heterocycles. The third kappa shape index (κ3) is 4.88. The lowest BCUT2D eigenvalue weighted by Crippen LogP contribution is -2.53. The zero-order chi connectivity index (χ0) is 23.9. The van der Waals surface area contributed by atoms with Gasteiger partial charge in [-0.1, -0.05) is 12.1 Å². The standard InChI is InChI=1S/C24H27F3N4O3/c1-33-22(16-3-2-4-17(9-16)24(25,26)27)23(32)31-8-7-30-14-19(10-18(30)13-31)34-21-12-28-20(11-29-21)15-5-6-15/h2-4,9,11-12,15,18-19,22H,5-8,10,13-14H2,1H3/t18-,19+,22+/m0/s1. The van der Waals surface area contributed by atoms with Gasteiger partial charge in [-0.05, 0) is 30.5 Å². The molecule has 10 heteroatoms. The molecule has 3 heterocycles. The van der Waals surface area contributed by atoms with E-state index in [1.165, 1.54) is 32.1 Å². The predicted octanol–water partition coefficient (Wildman–Crippen LogP) is 3.42. The number of piperazine rings is 1. The van der Waals surface area contributed by atoms with Crippen LogP contribution in [0.3, 0.4) is 0 Å². The lowest BCUT2D eigenvalue weighted by Gasteiger charge is -2.38. The maximum Gasteiger partial charge on any atom is 0.416 e. The molecule has 2 aromatic rings. The average molecular weight is 476 g/mol. The number of halogens is 3. The molecular formula is C24H27F3N4O3. The highest BCUT2D eigenvalue weighted by Gasteiger charge is 2.40. The number of methoxy groups -OCH3 is 1. The lowest BCUT2D eigenvalue weighted by molar-refractivity contribution is -0.145.